The smallest absolute Gasteiger partial charge is 0.315 e. The molecule has 1 saturated heterocycles. The lowest BCUT2D eigenvalue weighted by molar-refractivity contribution is -0.125. The zero-order valence-electron chi connectivity index (χ0n) is 10.1. The van der Waals surface area contributed by atoms with Crippen molar-refractivity contribution in [3.8, 4) is 0 Å². The van der Waals surface area contributed by atoms with E-state index in [2.05, 4.69) is 10.2 Å². The van der Waals surface area contributed by atoms with Gasteiger partial charge in [-0.25, -0.2) is 4.79 Å². The molecule has 1 aliphatic heterocycles. The second-order valence-electron chi connectivity index (χ2n) is 4.20. The van der Waals surface area contributed by atoms with Crippen LogP contribution in [-0.2, 0) is 11.3 Å². The maximum absolute atomic E-state index is 11.9. The topological polar surface area (TPSA) is 69.3 Å². The molecule has 0 saturated carbocycles. The Morgan fingerprint density at radius 3 is 2.82 bits per heavy atom. The Morgan fingerprint density at radius 1 is 1.47 bits per heavy atom. The van der Waals surface area contributed by atoms with Gasteiger partial charge in [-0.3, -0.25) is 14.8 Å². The van der Waals surface area contributed by atoms with Crippen LogP contribution < -0.4 is 0 Å². The number of nitrogens with one attached hydrogen (secondary N) is 1. The molecule has 6 heteroatoms. The predicted octanol–water partition coefficient (Wildman–Crippen LogP) is 0.892. The van der Waals surface area contributed by atoms with Crippen molar-refractivity contribution in [2.24, 2.45) is 0 Å². The molecule has 92 valence electrons. The number of urea groups is 1. The van der Waals surface area contributed by atoms with Gasteiger partial charge in [0.25, 0.3) is 5.91 Å². The molecule has 0 bridgehead atoms. The Kier molecular flexibility index (Phi) is 3.12. The van der Waals surface area contributed by atoms with Crippen molar-refractivity contribution in [2.45, 2.75) is 26.8 Å². The van der Waals surface area contributed by atoms with Crippen LogP contribution in [0.4, 0.5) is 4.79 Å². The van der Waals surface area contributed by atoms with Gasteiger partial charge in [0.1, 0.15) is 6.54 Å². The molecular weight excluding hydrogens is 220 g/mol. The standard InChI is InChI=1S/C11H16N4O2/c1-3-4-14-7-10(16)15(11(14)17)6-9-5-12-13-8(9)2/h5H,3-4,6-7H2,1-2H3,(H,12,13). The number of aryl methyl sites for hydroxylation is 1. The Morgan fingerprint density at radius 2 is 2.24 bits per heavy atom. The van der Waals surface area contributed by atoms with Crippen LogP contribution in [0.2, 0.25) is 0 Å². The third-order valence-electron chi connectivity index (χ3n) is 2.88. The summed E-state index contributed by atoms with van der Waals surface area (Å²) in [4.78, 5) is 26.6. The van der Waals surface area contributed by atoms with Crippen LogP contribution in [-0.4, -0.2) is 45.0 Å². The molecule has 3 amide bonds. The summed E-state index contributed by atoms with van der Waals surface area (Å²) in [7, 11) is 0. The van der Waals surface area contributed by atoms with Crippen LogP contribution in [0.25, 0.3) is 0 Å². The van der Waals surface area contributed by atoms with Crippen LogP contribution in [0.15, 0.2) is 6.20 Å². The van der Waals surface area contributed by atoms with Crippen LogP contribution in [0.5, 0.6) is 0 Å². The van der Waals surface area contributed by atoms with E-state index in [4.69, 9.17) is 0 Å². The first kappa shape index (κ1) is 11.6. The average Bonchev–Trinajstić information content (AvgIpc) is 2.79. The third-order valence-corrected chi connectivity index (χ3v) is 2.88. The minimum Gasteiger partial charge on any atom is -0.315 e. The number of rotatable bonds is 4. The van der Waals surface area contributed by atoms with E-state index in [9.17, 15) is 9.59 Å². The summed E-state index contributed by atoms with van der Waals surface area (Å²) in [6.07, 6.45) is 2.51. The maximum Gasteiger partial charge on any atom is 0.327 e. The minimum absolute atomic E-state index is 0.135. The van der Waals surface area contributed by atoms with Crippen molar-refractivity contribution in [3.63, 3.8) is 0 Å². The Labute approximate surface area is 99.6 Å². The van der Waals surface area contributed by atoms with E-state index in [1.165, 1.54) is 4.90 Å². The molecule has 1 aliphatic rings. The number of nitrogens with zero attached hydrogens (tertiary/aromatic N) is 3. The van der Waals surface area contributed by atoms with Gasteiger partial charge in [0.05, 0.1) is 12.7 Å². The fourth-order valence-electron chi connectivity index (χ4n) is 1.90. The Hall–Kier alpha value is -1.85. The monoisotopic (exact) mass is 236 g/mol. The van der Waals surface area contributed by atoms with Crippen molar-refractivity contribution in [1.29, 1.82) is 0 Å². The minimum atomic E-state index is -0.197. The molecule has 2 heterocycles. The maximum atomic E-state index is 11.9. The first-order valence-electron chi connectivity index (χ1n) is 5.71. The summed E-state index contributed by atoms with van der Waals surface area (Å²) in [6.45, 7) is 4.99. The molecule has 1 fully saturated rings. The summed E-state index contributed by atoms with van der Waals surface area (Å²) < 4.78 is 0. The zero-order valence-corrected chi connectivity index (χ0v) is 10.1. The molecule has 0 atom stereocenters. The molecule has 0 radical (unpaired) electrons. The predicted molar refractivity (Wildman–Crippen MR) is 61.1 cm³/mol. The number of amides is 3. The number of carbonyl (C=O) groups excluding carboxylic acids is 2. The molecule has 1 aromatic rings. The van der Waals surface area contributed by atoms with E-state index in [0.717, 1.165) is 17.7 Å². The molecule has 6 nitrogen and oxygen atoms in total. The number of imide groups is 1. The Balaban J connectivity index is 2.09. The van der Waals surface area contributed by atoms with Crippen LogP contribution in [0.3, 0.4) is 0 Å². The normalized spacial score (nSPS) is 16.1. The first-order valence-corrected chi connectivity index (χ1v) is 5.71. The van der Waals surface area contributed by atoms with Crippen molar-refractivity contribution in [1.82, 2.24) is 20.0 Å². The fourth-order valence-corrected chi connectivity index (χ4v) is 1.90. The molecule has 1 aromatic heterocycles. The lowest BCUT2D eigenvalue weighted by Crippen LogP contribution is -2.33. The highest BCUT2D eigenvalue weighted by Gasteiger charge is 2.35. The second kappa shape index (κ2) is 4.57. The zero-order chi connectivity index (χ0) is 12.4. The van der Waals surface area contributed by atoms with Gasteiger partial charge in [0, 0.05) is 17.8 Å². The number of aromatic nitrogens is 2. The molecule has 0 unspecified atom stereocenters. The summed E-state index contributed by atoms with van der Waals surface area (Å²) >= 11 is 0. The largest absolute Gasteiger partial charge is 0.327 e. The summed E-state index contributed by atoms with van der Waals surface area (Å²) in [5.41, 5.74) is 1.77. The molecule has 2 rings (SSSR count). The van der Waals surface area contributed by atoms with Gasteiger partial charge in [-0.15, -0.1) is 0 Å². The molecule has 0 aromatic carbocycles. The second-order valence-corrected chi connectivity index (χ2v) is 4.20. The van der Waals surface area contributed by atoms with Crippen molar-refractivity contribution < 1.29 is 9.59 Å². The van der Waals surface area contributed by atoms with Gasteiger partial charge in [-0.1, -0.05) is 6.92 Å². The lowest BCUT2D eigenvalue weighted by Gasteiger charge is -2.15. The molecule has 0 spiro atoms. The molecule has 0 aliphatic carbocycles. The van der Waals surface area contributed by atoms with Gasteiger partial charge in [-0.2, -0.15) is 5.10 Å². The van der Waals surface area contributed by atoms with E-state index in [0.29, 0.717) is 13.1 Å². The highest BCUT2D eigenvalue weighted by atomic mass is 16.2. The van der Waals surface area contributed by atoms with Gasteiger partial charge >= 0.3 is 6.03 Å². The number of carbonyl (C=O) groups is 2. The highest BCUT2D eigenvalue weighted by molar-refractivity contribution is 6.01. The highest BCUT2D eigenvalue weighted by Crippen LogP contribution is 2.15. The lowest BCUT2D eigenvalue weighted by atomic mass is 10.2. The fraction of sp³-hybridized carbons (Fsp3) is 0.545. The summed E-state index contributed by atoms with van der Waals surface area (Å²) in [6, 6.07) is -0.197. The van der Waals surface area contributed by atoms with Crippen molar-refractivity contribution >= 4 is 11.9 Å². The SMILES string of the molecule is CCCN1CC(=O)N(Cc2cn[nH]c2C)C1=O. The average molecular weight is 236 g/mol. The number of hydrogen-bond donors (Lipinski definition) is 1. The third kappa shape index (κ3) is 2.15. The van der Waals surface area contributed by atoms with Crippen LogP contribution >= 0.6 is 0 Å². The van der Waals surface area contributed by atoms with E-state index < -0.39 is 0 Å². The van der Waals surface area contributed by atoms with Gasteiger partial charge < -0.3 is 4.90 Å². The number of H-pyrrole nitrogens is 1. The van der Waals surface area contributed by atoms with Gasteiger partial charge in [0.15, 0.2) is 0 Å². The molecule has 1 N–H and O–H groups in total. The number of hydrogen-bond acceptors (Lipinski definition) is 3. The summed E-state index contributed by atoms with van der Waals surface area (Å²) in [5.74, 6) is -0.135. The molecular formula is C11H16N4O2. The number of aromatic amines is 1. The van der Waals surface area contributed by atoms with Gasteiger partial charge in [0.2, 0.25) is 0 Å². The van der Waals surface area contributed by atoms with Crippen molar-refractivity contribution in [2.75, 3.05) is 13.1 Å². The van der Waals surface area contributed by atoms with Gasteiger partial charge in [-0.05, 0) is 13.3 Å². The van der Waals surface area contributed by atoms with Crippen LogP contribution in [0.1, 0.15) is 24.6 Å². The summed E-state index contributed by atoms with van der Waals surface area (Å²) in [5, 5.41) is 6.68. The quantitative estimate of drug-likeness (QED) is 0.789. The van der Waals surface area contributed by atoms with Crippen molar-refractivity contribution in [3.05, 3.63) is 17.5 Å². The molecule has 17 heavy (non-hydrogen) atoms. The van der Waals surface area contributed by atoms with E-state index in [1.54, 1.807) is 11.1 Å². The Bertz CT molecular complexity index is 440. The van der Waals surface area contributed by atoms with E-state index in [-0.39, 0.29) is 18.5 Å². The van der Waals surface area contributed by atoms with E-state index >= 15 is 0 Å². The van der Waals surface area contributed by atoms with Crippen LogP contribution in [0, 0.1) is 6.92 Å². The van der Waals surface area contributed by atoms with E-state index in [1.807, 2.05) is 13.8 Å². The first-order chi connectivity index (χ1) is 8.13.